The first kappa shape index (κ1) is 10.4. The lowest BCUT2D eigenvalue weighted by Gasteiger charge is -1.98. The van der Waals surface area contributed by atoms with Crippen LogP contribution in [0, 0.1) is 0 Å². The van der Waals surface area contributed by atoms with Gasteiger partial charge in [-0.2, -0.15) is 5.10 Å². The topological polar surface area (TPSA) is 34.9 Å². The van der Waals surface area contributed by atoms with Gasteiger partial charge in [0.05, 0.1) is 23.3 Å². The number of halogens is 1. The Balaban J connectivity index is 2.18. The quantitative estimate of drug-likeness (QED) is 0.774. The Morgan fingerprint density at radius 2 is 2.47 bits per heavy atom. The van der Waals surface area contributed by atoms with Crippen molar-refractivity contribution < 1.29 is 4.79 Å². The predicted molar refractivity (Wildman–Crippen MR) is 60.7 cm³/mol. The minimum absolute atomic E-state index is 0.0264. The minimum Gasteiger partial charge on any atom is -0.294 e. The standard InChI is InChI=1S/C10H9ClN2OS/c1-7(14)8-4-12-13(5-8)6-10-9(11)2-3-15-10/h2-5H,6H2,1H3. The van der Waals surface area contributed by atoms with Gasteiger partial charge in [0.2, 0.25) is 0 Å². The molecule has 0 aromatic carbocycles. The highest BCUT2D eigenvalue weighted by Gasteiger charge is 2.06. The first-order chi connectivity index (χ1) is 7.16. The van der Waals surface area contributed by atoms with Crippen molar-refractivity contribution in [3.8, 4) is 0 Å². The number of hydrogen-bond donors (Lipinski definition) is 0. The van der Waals surface area contributed by atoms with Gasteiger partial charge in [-0.15, -0.1) is 11.3 Å². The van der Waals surface area contributed by atoms with E-state index in [1.165, 1.54) is 6.92 Å². The summed E-state index contributed by atoms with van der Waals surface area (Å²) in [4.78, 5) is 12.1. The van der Waals surface area contributed by atoms with E-state index >= 15 is 0 Å². The number of thiophene rings is 1. The zero-order valence-electron chi connectivity index (χ0n) is 8.11. The highest BCUT2D eigenvalue weighted by Crippen LogP contribution is 2.22. The van der Waals surface area contributed by atoms with Crippen LogP contribution in [0.5, 0.6) is 0 Å². The molecular formula is C10H9ClN2OS. The van der Waals surface area contributed by atoms with Gasteiger partial charge in [-0.3, -0.25) is 9.48 Å². The lowest BCUT2D eigenvalue weighted by Crippen LogP contribution is -1.98. The SMILES string of the molecule is CC(=O)c1cnn(Cc2sccc2Cl)c1. The Kier molecular flexibility index (Phi) is 2.88. The van der Waals surface area contributed by atoms with E-state index in [-0.39, 0.29) is 5.78 Å². The Labute approximate surface area is 96.3 Å². The summed E-state index contributed by atoms with van der Waals surface area (Å²) in [5.74, 6) is 0.0264. The Hall–Kier alpha value is -1.13. The van der Waals surface area contributed by atoms with Crippen LogP contribution in [0.2, 0.25) is 5.02 Å². The third-order valence-electron chi connectivity index (χ3n) is 2.04. The smallest absolute Gasteiger partial charge is 0.162 e. The molecule has 0 unspecified atom stereocenters. The molecule has 0 aliphatic heterocycles. The molecule has 0 saturated carbocycles. The molecule has 0 N–H and O–H groups in total. The van der Waals surface area contributed by atoms with E-state index in [1.807, 2.05) is 11.4 Å². The van der Waals surface area contributed by atoms with Gasteiger partial charge in [0.1, 0.15) is 0 Å². The highest BCUT2D eigenvalue weighted by molar-refractivity contribution is 7.10. The van der Waals surface area contributed by atoms with Crippen LogP contribution in [0.4, 0.5) is 0 Å². The number of ketones is 1. The molecule has 3 nitrogen and oxygen atoms in total. The van der Waals surface area contributed by atoms with E-state index < -0.39 is 0 Å². The van der Waals surface area contributed by atoms with Gasteiger partial charge in [0, 0.05) is 11.1 Å². The molecule has 2 heterocycles. The number of hydrogen-bond acceptors (Lipinski definition) is 3. The normalized spacial score (nSPS) is 10.5. The Morgan fingerprint density at radius 1 is 1.67 bits per heavy atom. The molecule has 2 aromatic rings. The second kappa shape index (κ2) is 4.16. The third kappa shape index (κ3) is 2.27. The van der Waals surface area contributed by atoms with Crippen molar-refractivity contribution in [3.05, 3.63) is 39.3 Å². The van der Waals surface area contributed by atoms with Crippen molar-refractivity contribution in [2.75, 3.05) is 0 Å². The predicted octanol–water partition coefficient (Wildman–Crippen LogP) is 2.85. The van der Waals surface area contributed by atoms with Gasteiger partial charge < -0.3 is 0 Å². The van der Waals surface area contributed by atoms with Gasteiger partial charge in [-0.1, -0.05) is 11.6 Å². The van der Waals surface area contributed by atoms with E-state index in [4.69, 9.17) is 11.6 Å². The van der Waals surface area contributed by atoms with Crippen molar-refractivity contribution in [3.63, 3.8) is 0 Å². The molecule has 0 saturated heterocycles. The molecule has 0 aliphatic rings. The molecule has 0 amide bonds. The number of carbonyl (C=O) groups is 1. The fourth-order valence-electron chi connectivity index (χ4n) is 1.22. The summed E-state index contributed by atoms with van der Waals surface area (Å²) in [5.41, 5.74) is 0.627. The summed E-state index contributed by atoms with van der Waals surface area (Å²) in [6, 6.07) is 1.86. The molecular weight excluding hydrogens is 232 g/mol. The average Bonchev–Trinajstić information content (AvgIpc) is 2.77. The number of aromatic nitrogens is 2. The van der Waals surface area contributed by atoms with Crippen molar-refractivity contribution in [1.29, 1.82) is 0 Å². The first-order valence-electron chi connectivity index (χ1n) is 4.42. The van der Waals surface area contributed by atoms with E-state index in [0.717, 1.165) is 9.90 Å². The number of nitrogens with zero attached hydrogens (tertiary/aromatic N) is 2. The van der Waals surface area contributed by atoms with E-state index in [9.17, 15) is 4.79 Å². The largest absolute Gasteiger partial charge is 0.294 e. The van der Waals surface area contributed by atoms with Gasteiger partial charge in [0.15, 0.2) is 5.78 Å². The van der Waals surface area contributed by atoms with Crippen LogP contribution >= 0.6 is 22.9 Å². The van der Waals surface area contributed by atoms with Gasteiger partial charge in [-0.25, -0.2) is 0 Å². The van der Waals surface area contributed by atoms with Gasteiger partial charge in [0.25, 0.3) is 0 Å². The first-order valence-corrected chi connectivity index (χ1v) is 5.68. The summed E-state index contributed by atoms with van der Waals surface area (Å²) < 4.78 is 1.72. The lowest BCUT2D eigenvalue weighted by molar-refractivity contribution is 0.101. The van der Waals surface area contributed by atoms with Crippen LogP contribution in [-0.4, -0.2) is 15.6 Å². The molecule has 0 spiro atoms. The number of carbonyl (C=O) groups excluding carboxylic acids is 1. The zero-order valence-corrected chi connectivity index (χ0v) is 9.68. The molecule has 5 heteroatoms. The molecule has 2 rings (SSSR count). The molecule has 2 aromatic heterocycles. The Bertz CT molecular complexity index is 489. The fourth-order valence-corrected chi connectivity index (χ4v) is 2.30. The maximum absolute atomic E-state index is 11.1. The highest BCUT2D eigenvalue weighted by atomic mass is 35.5. The number of rotatable bonds is 3. The van der Waals surface area contributed by atoms with E-state index in [0.29, 0.717) is 12.1 Å². The summed E-state index contributed by atoms with van der Waals surface area (Å²) in [6.45, 7) is 2.14. The Morgan fingerprint density at radius 3 is 3.00 bits per heavy atom. The second-order valence-corrected chi connectivity index (χ2v) is 4.58. The van der Waals surface area contributed by atoms with Gasteiger partial charge >= 0.3 is 0 Å². The molecule has 0 radical (unpaired) electrons. The zero-order chi connectivity index (χ0) is 10.8. The van der Waals surface area contributed by atoms with Crippen molar-refractivity contribution in [2.24, 2.45) is 0 Å². The van der Waals surface area contributed by atoms with E-state index in [2.05, 4.69) is 5.10 Å². The molecule has 15 heavy (non-hydrogen) atoms. The fraction of sp³-hybridized carbons (Fsp3) is 0.200. The number of Topliss-reactive ketones (excluding diaryl/α,β-unsaturated/α-hetero) is 1. The van der Waals surface area contributed by atoms with Crippen molar-refractivity contribution in [2.45, 2.75) is 13.5 Å². The maximum atomic E-state index is 11.1. The van der Waals surface area contributed by atoms with Crippen molar-refractivity contribution in [1.82, 2.24) is 9.78 Å². The van der Waals surface area contributed by atoms with Crippen LogP contribution in [0.25, 0.3) is 0 Å². The van der Waals surface area contributed by atoms with Crippen LogP contribution in [0.3, 0.4) is 0 Å². The monoisotopic (exact) mass is 240 g/mol. The van der Waals surface area contributed by atoms with Crippen LogP contribution in [0.1, 0.15) is 22.2 Å². The minimum atomic E-state index is 0.0264. The molecule has 0 atom stereocenters. The summed E-state index contributed by atoms with van der Waals surface area (Å²) in [6.07, 6.45) is 3.31. The van der Waals surface area contributed by atoms with E-state index in [1.54, 1.807) is 28.4 Å². The second-order valence-electron chi connectivity index (χ2n) is 3.17. The molecule has 0 aliphatic carbocycles. The average molecular weight is 241 g/mol. The summed E-state index contributed by atoms with van der Waals surface area (Å²) in [5, 5.41) is 6.78. The molecule has 78 valence electrons. The van der Waals surface area contributed by atoms with Crippen molar-refractivity contribution >= 4 is 28.7 Å². The maximum Gasteiger partial charge on any atom is 0.162 e. The van der Waals surface area contributed by atoms with Crippen LogP contribution < -0.4 is 0 Å². The third-order valence-corrected chi connectivity index (χ3v) is 3.41. The summed E-state index contributed by atoms with van der Waals surface area (Å²) >= 11 is 7.55. The summed E-state index contributed by atoms with van der Waals surface area (Å²) in [7, 11) is 0. The van der Waals surface area contributed by atoms with Crippen LogP contribution in [0.15, 0.2) is 23.8 Å². The van der Waals surface area contributed by atoms with Crippen LogP contribution in [-0.2, 0) is 6.54 Å². The van der Waals surface area contributed by atoms with Gasteiger partial charge in [-0.05, 0) is 18.4 Å². The lowest BCUT2D eigenvalue weighted by atomic mass is 10.3. The molecule has 0 fully saturated rings. The molecule has 0 bridgehead atoms.